The molecule has 2 aromatic rings. The maximum absolute atomic E-state index is 13.2. The Morgan fingerprint density at radius 1 is 1.11 bits per heavy atom. The van der Waals surface area contributed by atoms with Gasteiger partial charge in [-0.25, -0.2) is 4.39 Å². The van der Waals surface area contributed by atoms with Gasteiger partial charge in [-0.3, -0.25) is 0 Å². The van der Waals surface area contributed by atoms with E-state index in [1.54, 1.807) is 11.8 Å². The fourth-order valence-electron chi connectivity index (χ4n) is 1.76. The van der Waals surface area contributed by atoms with E-state index in [0.717, 1.165) is 10.5 Å². The van der Waals surface area contributed by atoms with Crippen molar-refractivity contribution in [2.24, 2.45) is 0 Å². The van der Waals surface area contributed by atoms with Gasteiger partial charge in [0.25, 0.3) is 0 Å². The molecule has 0 fully saturated rings. The number of rotatable bonds is 3. The summed E-state index contributed by atoms with van der Waals surface area (Å²) in [6, 6.07) is 12.6. The molecule has 0 aliphatic carbocycles. The van der Waals surface area contributed by atoms with Crippen molar-refractivity contribution < 1.29 is 4.39 Å². The number of hydrogen-bond acceptors (Lipinski definition) is 2. The number of aryl methyl sites for hydroxylation is 2. The molecule has 0 amide bonds. The highest BCUT2D eigenvalue weighted by Gasteiger charge is 2.05. The summed E-state index contributed by atoms with van der Waals surface area (Å²) in [5.74, 6) is 0.304. The zero-order valence-corrected chi connectivity index (χ0v) is 11.7. The van der Waals surface area contributed by atoms with Crippen LogP contribution in [0.3, 0.4) is 0 Å². The van der Waals surface area contributed by atoms with E-state index in [-0.39, 0.29) is 5.82 Å². The highest BCUT2D eigenvalue weighted by atomic mass is 32.2. The van der Waals surface area contributed by atoms with Crippen molar-refractivity contribution in [3.05, 3.63) is 64.5 Å². The topological polar surface area (TPSA) is 23.8 Å². The zero-order valence-electron chi connectivity index (χ0n) is 10.9. The monoisotopic (exact) mass is 271 g/mol. The lowest BCUT2D eigenvalue weighted by Crippen LogP contribution is -1.90. The molecule has 0 radical (unpaired) electrons. The molecule has 0 unspecified atom stereocenters. The van der Waals surface area contributed by atoms with Crippen molar-refractivity contribution in [2.75, 3.05) is 0 Å². The molecule has 3 heteroatoms. The molecular formula is C16H14FNS. The van der Waals surface area contributed by atoms with Crippen LogP contribution in [0.5, 0.6) is 0 Å². The third kappa shape index (κ3) is 3.36. The summed E-state index contributed by atoms with van der Waals surface area (Å²) < 4.78 is 13.2. The molecule has 0 atom stereocenters. The van der Waals surface area contributed by atoms with Crippen LogP contribution in [0.2, 0.25) is 0 Å². The van der Waals surface area contributed by atoms with E-state index in [2.05, 4.69) is 38.1 Å². The molecule has 2 rings (SSSR count). The van der Waals surface area contributed by atoms with Gasteiger partial charge in [0.15, 0.2) is 0 Å². The van der Waals surface area contributed by atoms with Crippen LogP contribution in [-0.4, -0.2) is 0 Å². The minimum atomic E-state index is -0.297. The number of nitrogens with zero attached hydrogens (tertiary/aromatic N) is 1. The Kier molecular flexibility index (Phi) is 4.24. The van der Waals surface area contributed by atoms with Crippen molar-refractivity contribution in [2.45, 2.75) is 24.5 Å². The zero-order chi connectivity index (χ0) is 13.8. The highest BCUT2D eigenvalue weighted by molar-refractivity contribution is 7.98. The molecule has 1 nitrogen and oxygen atoms in total. The molecule has 0 N–H and O–H groups in total. The molecule has 0 spiro atoms. The van der Waals surface area contributed by atoms with Crippen molar-refractivity contribution in [1.82, 2.24) is 0 Å². The Balaban J connectivity index is 2.16. The van der Waals surface area contributed by atoms with Gasteiger partial charge in [0.1, 0.15) is 5.82 Å². The van der Waals surface area contributed by atoms with E-state index in [4.69, 9.17) is 5.26 Å². The van der Waals surface area contributed by atoms with Gasteiger partial charge < -0.3 is 0 Å². The Morgan fingerprint density at radius 2 is 1.89 bits per heavy atom. The number of halogens is 1. The fourth-order valence-corrected chi connectivity index (χ4v) is 2.74. The van der Waals surface area contributed by atoms with Crippen LogP contribution in [0.4, 0.5) is 4.39 Å². The number of hydrogen-bond donors (Lipinski definition) is 0. The van der Waals surface area contributed by atoms with Crippen LogP contribution in [0.25, 0.3) is 0 Å². The van der Waals surface area contributed by atoms with E-state index in [1.807, 2.05) is 0 Å². The van der Waals surface area contributed by atoms with Crippen molar-refractivity contribution >= 4 is 11.8 Å². The molecular weight excluding hydrogens is 257 g/mol. The predicted octanol–water partition coefficient (Wildman–Crippen LogP) is 4.61. The van der Waals surface area contributed by atoms with Gasteiger partial charge >= 0.3 is 0 Å². The average Bonchev–Trinajstić information content (AvgIpc) is 2.40. The first kappa shape index (κ1) is 13.6. The van der Waals surface area contributed by atoms with Crippen LogP contribution in [-0.2, 0) is 5.75 Å². The minimum absolute atomic E-state index is 0.297. The summed E-state index contributed by atoms with van der Waals surface area (Å²) >= 11 is 1.62. The minimum Gasteiger partial charge on any atom is -0.207 e. The normalized spacial score (nSPS) is 10.2. The standard InChI is InChI=1S/C16H14FNS/c1-11-3-6-16(7-12(11)2)19-10-14-8-15(17)5-4-13(14)9-18/h3-8H,10H2,1-2H3. The third-order valence-corrected chi connectivity index (χ3v) is 4.10. The van der Waals surface area contributed by atoms with Gasteiger partial charge in [-0.2, -0.15) is 5.26 Å². The summed E-state index contributed by atoms with van der Waals surface area (Å²) in [4.78, 5) is 1.14. The molecule has 2 aromatic carbocycles. The van der Waals surface area contributed by atoms with Crippen molar-refractivity contribution in [3.63, 3.8) is 0 Å². The second-order valence-corrected chi connectivity index (χ2v) is 5.50. The van der Waals surface area contributed by atoms with Gasteiger partial charge in [-0.15, -0.1) is 11.8 Å². The first-order valence-electron chi connectivity index (χ1n) is 5.99. The molecule has 0 saturated heterocycles. The average molecular weight is 271 g/mol. The lowest BCUT2D eigenvalue weighted by Gasteiger charge is -2.06. The fraction of sp³-hybridized carbons (Fsp3) is 0.188. The SMILES string of the molecule is Cc1ccc(SCc2cc(F)ccc2C#N)cc1C. The van der Waals surface area contributed by atoms with E-state index < -0.39 is 0 Å². The molecule has 0 saturated carbocycles. The summed E-state index contributed by atoms with van der Waals surface area (Å²) in [6.07, 6.45) is 0. The smallest absolute Gasteiger partial charge is 0.123 e. The highest BCUT2D eigenvalue weighted by Crippen LogP contribution is 2.26. The maximum Gasteiger partial charge on any atom is 0.123 e. The third-order valence-electron chi connectivity index (χ3n) is 3.06. The van der Waals surface area contributed by atoms with Gasteiger partial charge in [0, 0.05) is 10.6 Å². The van der Waals surface area contributed by atoms with Gasteiger partial charge in [0.2, 0.25) is 0 Å². The second kappa shape index (κ2) is 5.90. The van der Waals surface area contributed by atoms with Crippen LogP contribution in [0.1, 0.15) is 22.3 Å². The van der Waals surface area contributed by atoms with E-state index in [0.29, 0.717) is 11.3 Å². The van der Waals surface area contributed by atoms with Crippen LogP contribution in [0, 0.1) is 31.0 Å². The lowest BCUT2D eigenvalue weighted by molar-refractivity contribution is 0.626. The summed E-state index contributed by atoms with van der Waals surface area (Å²) in [7, 11) is 0. The van der Waals surface area contributed by atoms with E-state index >= 15 is 0 Å². The quantitative estimate of drug-likeness (QED) is 0.761. The second-order valence-electron chi connectivity index (χ2n) is 4.45. The summed E-state index contributed by atoms with van der Waals surface area (Å²) in [6.45, 7) is 4.15. The van der Waals surface area contributed by atoms with E-state index in [9.17, 15) is 4.39 Å². The Morgan fingerprint density at radius 3 is 2.58 bits per heavy atom. The largest absolute Gasteiger partial charge is 0.207 e. The Labute approximate surface area is 117 Å². The van der Waals surface area contributed by atoms with Gasteiger partial charge in [0.05, 0.1) is 11.6 Å². The van der Waals surface area contributed by atoms with Crippen LogP contribution >= 0.6 is 11.8 Å². The molecule has 0 aromatic heterocycles. The van der Waals surface area contributed by atoms with Gasteiger partial charge in [-0.05, 0) is 60.9 Å². The molecule has 0 heterocycles. The van der Waals surface area contributed by atoms with Gasteiger partial charge in [-0.1, -0.05) is 6.07 Å². The number of benzene rings is 2. The maximum atomic E-state index is 13.2. The number of nitriles is 1. The molecule has 0 bridgehead atoms. The molecule has 0 aliphatic rings. The van der Waals surface area contributed by atoms with E-state index in [1.165, 1.54) is 29.3 Å². The van der Waals surface area contributed by atoms with Crippen LogP contribution < -0.4 is 0 Å². The molecule has 96 valence electrons. The molecule has 0 aliphatic heterocycles. The Bertz CT molecular complexity index is 644. The Hall–Kier alpha value is -1.79. The van der Waals surface area contributed by atoms with Crippen molar-refractivity contribution in [1.29, 1.82) is 5.26 Å². The van der Waals surface area contributed by atoms with Crippen LogP contribution in [0.15, 0.2) is 41.3 Å². The predicted molar refractivity (Wildman–Crippen MR) is 76.6 cm³/mol. The lowest BCUT2D eigenvalue weighted by atomic mass is 10.1. The summed E-state index contributed by atoms with van der Waals surface area (Å²) in [5, 5.41) is 9.01. The summed E-state index contributed by atoms with van der Waals surface area (Å²) in [5.41, 5.74) is 3.78. The van der Waals surface area contributed by atoms with Crippen molar-refractivity contribution in [3.8, 4) is 6.07 Å². The first-order chi connectivity index (χ1) is 9.10. The first-order valence-corrected chi connectivity index (χ1v) is 6.97. The molecule has 19 heavy (non-hydrogen) atoms. The number of thioether (sulfide) groups is 1.